The van der Waals surface area contributed by atoms with Gasteiger partial charge in [0.2, 0.25) is 11.8 Å². The molecule has 0 unspecified atom stereocenters. The average molecular weight is 1050 g/mol. The van der Waals surface area contributed by atoms with Gasteiger partial charge in [-0.1, -0.05) is 44.2 Å². The number of likely N-dealkylation sites (tertiary alicyclic amines) is 1. The summed E-state index contributed by atoms with van der Waals surface area (Å²) in [6.07, 6.45) is -5.75. The molecule has 4 heterocycles. The maximum Gasteiger partial charge on any atom is 0.417 e. The van der Waals surface area contributed by atoms with Crippen LogP contribution in [0.3, 0.4) is 0 Å². The number of aromatic nitrogens is 1. The van der Waals surface area contributed by atoms with Crippen molar-refractivity contribution in [3.8, 4) is 28.0 Å². The lowest BCUT2D eigenvalue weighted by molar-refractivity contribution is -0.143. The van der Waals surface area contributed by atoms with Crippen LogP contribution in [0.1, 0.15) is 72.4 Å². The van der Waals surface area contributed by atoms with Crippen molar-refractivity contribution in [1.29, 1.82) is 5.26 Å². The first-order valence-electron chi connectivity index (χ1n) is 24.3. The number of alkyl halides is 3. The van der Waals surface area contributed by atoms with Gasteiger partial charge in [-0.15, -0.1) is 11.3 Å². The summed E-state index contributed by atoms with van der Waals surface area (Å²) in [4.78, 5) is 78.8. The van der Waals surface area contributed by atoms with Gasteiger partial charge in [0.05, 0.1) is 71.5 Å². The number of aryl methyl sites for hydroxylation is 1. The van der Waals surface area contributed by atoms with Crippen molar-refractivity contribution in [1.82, 2.24) is 20.1 Å². The highest BCUT2D eigenvalue weighted by molar-refractivity contribution is 7.13. The van der Waals surface area contributed by atoms with Crippen molar-refractivity contribution in [2.75, 3.05) is 56.0 Å². The second-order valence-electron chi connectivity index (χ2n) is 19.1. The van der Waals surface area contributed by atoms with E-state index in [0.717, 1.165) is 33.8 Å². The second kappa shape index (κ2) is 22.6. The van der Waals surface area contributed by atoms with Crippen LogP contribution in [-0.2, 0) is 43.1 Å². The molecule has 0 aliphatic carbocycles. The molecule has 8 rings (SSSR count). The quantitative estimate of drug-likeness (QED) is 0.0574. The molecule has 17 nitrogen and oxygen atoms in total. The lowest BCUT2D eigenvalue weighted by Gasteiger charge is -2.35. The molecular weight excluding hydrogens is 996 g/mol. The SMILES string of the molecule is Cc1ncsc1-c1ccc(CNC(=O)[C@@H]2C[C@@H](O)CN2C(=O)[C@H](C(C)C)N2Cc3ccccc3C2=O)c(OCCOCCOCCOc2ccc(N3C(=O)N(c4ccc(C#N)c(C(F)(F)F)c4)C(=O)C3(C)C)cc2)c1. The Balaban J connectivity index is 0.797. The fourth-order valence-corrected chi connectivity index (χ4v) is 10.3. The number of ether oxygens (including phenoxy) is 4. The van der Waals surface area contributed by atoms with Gasteiger partial charge in [-0.25, -0.2) is 14.7 Å². The zero-order valence-corrected chi connectivity index (χ0v) is 42.7. The molecule has 0 radical (unpaired) electrons. The Morgan fingerprint density at radius 1 is 0.920 bits per heavy atom. The Hall–Kier alpha value is -7.38. The maximum absolute atomic E-state index is 14.2. The molecular formula is C54H56F3N7O10S. The molecule has 5 aromatic rings. The maximum atomic E-state index is 14.2. The number of thiazole rings is 1. The number of aliphatic hydroxyl groups excluding tert-OH is 1. The number of β-amino-alcohol motifs (C(OH)–C–C–N with tert-alkyl or cyclic N) is 1. The number of nitriles is 1. The number of amides is 6. The Kier molecular flexibility index (Phi) is 16.3. The molecule has 6 amide bonds. The minimum absolute atomic E-state index is 0.0368. The summed E-state index contributed by atoms with van der Waals surface area (Å²) < 4.78 is 64.6. The molecule has 21 heteroatoms. The van der Waals surface area contributed by atoms with Gasteiger partial charge < -0.3 is 39.2 Å². The third-order valence-electron chi connectivity index (χ3n) is 13.3. The predicted molar refractivity (Wildman–Crippen MR) is 270 cm³/mol. The second-order valence-corrected chi connectivity index (χ2v) is 19.9. The number of hydrogen-bond donors (Lipinski definition) is 2. The number of carbonyl (C=O) groups is 5. The van der Waals surface area contributed by atoms with Gasteiger partial charge in [0.25, 0.3) is 11.8 Å². The molecule has 2 fully saturated rings. The summed E-state index contributed by atoms with van der Waals surface area (Å²) in [7, 11) is 0. The number of nitrogens with one attached hydrogen (secondary N) is 1. The van der Waals surface area contributed by atoms with E-state index < -0.39 is 58.9 Å². The highest BCUT2D eigenvalue weighted by Gasteiger charge is 2.53. The summed E-state index contributed by atoms with van der Waals surface area (Å²) in [5, 5.41) is 22.9. The first-order chi connectivity index (χ1) is 35.8. The van der Waals surface area contributed by atoms with Crippen LogP contribution < -0.4 is 24.6 Å². The van der Waals surface area contributed by atoms with Crippen molar-refractivity contribution < 1.29 is 61.2 Å². The molecule has 3 atom stereocenters. The number of benzene rings is 4. The molecule has 4 aromatic carbocycles. The summed E-state index contributed by atoms with van der Waals surface area (Å²) in [5.74, 6) is -1.13. The van der Waals surface area contributed by atoms with E-state index in [1.165, 1.54) is 41.1 Å². The summed E-state index contributed by atoms with van der Waals surface area (Å²) in [6, 6.07) is 20.7. The van der Waals surface area contributed by atoms with E-state index in [-0.39, 0.29) is 89.1 Å². The minimum Gasteiger partial charge on any atom is -0.491 e. The van der Waals surface area contributed by atoms with Crippen molar-refractivity contribution in [2.45, 2.75) is 84.0 Å². The molecule has 2 N–H and O–H groups in total. The standard InChI is InChI=1S/C54H56F3N7O10S/c1-32(2)46(62-29-37-8-6-7-9-42(37)49(62)67)50(68)61-30-40(65)26-44(61)48(66)59-28-36-11-10-34(47-33(3)60-31-75-47)24-45(36)74-23-21-72-19-18-71-20-22-73-41-16-14-38(15-17-41)64-52(70)63(51(69)53(64,4)5)39-13-12-35(27-58)43(25-39)54(55,56)57/h6-17,24-25,31-32,40,44,46,65H,18-23,26,28-30H2,1-5H3,(H,59,66)/t40-,44+,46+/m1/s1. The van der Waals surface area contributed by atoms with Crippen molar-refractivity contribution in [3.63, 3.8) is 0 Å². The number of imide groups is 1. The molecule has 0 bridgehead atoms. The number of urea groups is 1. The van der Waals surface area contributed by atoms with Gasteiger partial charge in [-0.05, 0) is 92.4 Å². The molecule has 0 spiro atoms. The molecule has 2 saturated heterocycles. The Morgan fingerprint density at radius 2 is 1.60 bits per heavy atom. The van der Waals surface area contributed by atoms with Crippen LogP contribution in [0.25, 0.3) is 10.4 Å². The van der Waals surface area contributed by atoms with E-state index in [0.29, 0.717) is 39.3 Å². The van der Waals surface area contributed by atoms with Crippen LogP contribution in [0, 0.1) is 24.2 Å². The summed E-state index contributed by atoms with van der Waals surface area (Å²) in [5.41, 5.74) is 2.21. The molecule has 394 valence electrons. The van der Waals surface area contributed by atoms with Gasteiger partial charge in [0, 0.05) is 42.9 Å². The number of anilines is 2. The normalized spacial score (nSPS) is 17.7. The van der Waals surface area contributed by atoms with Gasteiger partial charge in [-0.3, -0.25) is 24.1 Å². The molecule has 1 aromatic heterocycles. The number of rotatable bonds is 20. The van der Waals surface area contributed by atoms with Gasteiger partial charge in [0.15, 0.2) is 0 Å². The third kappa shape index (κ3) is 11.5. The van der Waals surface area contributed by atoms with E-state index in [2.05, 4.69) is 10.3 Å². The summed E-state index contributed by atoms with van der Waals surface area (Å²) in [6.45, 7) is 10.2. The minimum atomic E-state index is -4.88. The molecule has 3 aliphatic rings. The van der Waals surface area contributed by atoms with E-state index in [1.807, 2.05) is 51.1 Å². The van der Waals surface area contributed by atoms with Crippen LogP contribution in [0.4, 0.5) is 29.3 Å². The smallest absolute Gasteiger partial charge is 0.417 e. The summed E-state index contributed by atoms with van der Waals surface area (Å²) >= 11 is 1.49. The number of carbonyl (C=O) groups excluding carboxylic acids is 5. The molecule has 3 aliphatic heterocycles. The average Bonchev–Trinajstić information content (AvgIpc) is 4.14. The van der Waals surface area contributed by atoms with Crippen molar-refractivity contribution in [2.24, 2.45) is 5.92 Å². The Bertz CT molecular complexity index is 3000. The number of hydrogen-bond acceptors (Lipinski definition) is 13. The molecule has 0 saturated carbocycles. The number of aliphatic hydroxyl groups is 1. The Labute approximate surface area is 435 Å². The van der Waals surface area contributed by atoms with Crippen LogP contribution >= 0.6 is 11.3 Å². The van der Waals surface area contributed by atoms with Crippen LogP contribution in [-0.4, -0.2) is 119 Å². The van der Waals surface area contributed by atoms with Gasteiger partial charge in [-0.2, -0.15) is 18.4 Å². The van der Waals surface area contributed by atoms with Gasteiger partial charge >= 0.3 is 12.2 Å². The monoisotopic (exact) mass is 1050 g/mol. The first-order valence-corrected chi connectivity index (χ1v) is 25.2. The van der Waals surface area contributed by atoms with Crippen LogP contribution in [0.2, 0.25) is 0 Å². The Morgan fingerprint density at radius 3 is 2.25 bits per heavy atom. The largest absolute Gasteiger partial charge is 0.491 e. The lowest BCUT2D eigenvalue weighted by Crippen LogP contribution is -2.55. The zero-order valence-electron chi connectivity index (χ0n) is 41.9. The zero-order chi connectivity index (χ0) is 53.8. The highest BCUT2D eigenvalue weighted by Crippen LogP contribution is 2.40. The topological polar surface area (TPSA) is 204 Å². The van der Waals surface area contributed by atoms with Crippen molar-refractivity contribution in [3.05, 3.63) is 124 Å². The fraction of sp³-hybridized carbons (Fsp3) is 0.389. The highest BCUT2D eigenvalue weighted by atomic mass is 32.1. The molecule has 75 heavy (non-hydrogen) atoms. The van der Waals surface area contributed by atoms with Crippen molar-refractivity contribution >= 4 is 52.4 Å². The first kappa shape index (κ1) is 53.9. The fourth-order valence-electron chi connectivity index (χ4n) is 9.51. The van der Waals surface area contributed by atoms with E-state index in [9.17, 15) is 47.5 Å². The lowest BCUT2D eigenvalue weighted by atomic mass is 10.0. The predicted octanol–water partition coefficient (Wildman–Crippen LogP) is 7.51. The number of halogens is 3. The third-order valence-corrected chi connectivity index (χ3v) is 14.2. The van der Waals surface area contributed by atoms with E-state index in [1.54, 1.807) is 46.8 Å². The number of nitrogens with zero attached hydrogens (tertiary/aromatic N) is 6. The van der Waals surface area contributed by atoms with E-state index >= 15 is 0 Å². The van der Waals surface area contributed by atoms with Gasteiger partial charge in [0.1, 0.15) is 42.3 Å². The van der Waals surface area contributed by atoms with Crippen LogP contribution in [0.5, 0.6) is 11.5 Å². The number of fused-ring (bicyclic) bond motifs is 1. The van der Waals surface area contributed by atoms with E-state index in [4.69, 9.17) is 18.9 Å². The van der Waals surface area contributed by atoms with Crippen LogP contribution in [0.15, 0.2) is 90.4 Å².